The van der Waals surface area contributed by atoms with Crippen molar-refractivity contribution in [1.29, 1.82) is 0 Å². The number of sulfonamides is 1. The molecule has 0 saturated heterocycles. The lowest BCUT2D eigenvalue weighted by Crippen LogP contribution is -2.20. The molecule has 0 aliphatic carbocycles. The van der Waals surface area contributed by atoms with Gasteiger partial charge in [0.1, 0.15) is 0 Å². The smallest absolute Gasteiger partial charge is 0.378 e. The highest BCUT2D eigenvalue weighted by Gasteiger charge is 2.45. The number of allylic oxidation sites excluding steroid dienone is 3. The summed E-state index contributed by atoms with van der Waals surface area (Å²) in [7, 11) is -5.43. The van der Waals surface area contributed by atoms with Crippen LogP contribution >= 0.6 is 0 Å². The Hall–Kier alpha value is -1.31. The molecular formula is C10H15F3N2O2S. The predicted octanol–water partition coefficient (Wildman–Crippen LogP) is 2.32. The second kappa shape index (κ2) is 7.20. The summed E-state index contributed by atoms with van der Waals surface area (Å²) < 4.78 is 59.1. The number of nitrogens with zero attached hydrogens (tertiary/aromatic N) is 2. The molecule has 18 heavy (non-hydrogen) atoms. The van der Waals surface area contributed by atoms with Gasteiger partial charge in [0.25, 0.3) is 0 Å². The zero-order valence-corrected chi connectivity index (χ0v) is 10.9. The Kier molecular flexibility index (Phi) is 6.67. The van der Waals surface area contributed by atoms with Gasteiger partial charge in [0.2, 0.25) is 0 Å². The first-order valence-electron chi connectivity index (χ1n) is 5.18. The van der Waals surface area contributed by atoms with Crippen molar-refractivity contribution in [2.45, 2.75) is 19.4 Å². The van der Waals surface area contributed by atoms with Crippen LogP contribution in [0.4, 0.5) is 13.2 Å². The van der Waals surface area contributed by atoms with Gasteiger partial charge in [-0.2, -0.15) is 26.0 Å². The first-order chi connectivity index (χ1) is 8.24. The van der Waals surface area contributed by atoms with Crippen molar-refractivity contribution in [3.63, 3.8) is 0 Å². The Bertz CT molecular complexity index is 421. The summed E-state index contributed by atoms with van der Waals surface area (Å²) in [5.74, 6) is 0. The molecule has 0 rings (SSSR count). The molecule has 0 bridgehead atoms. The van der Waals surface area contributed by atoms with Gasteiger partial charge in [0.15, 0.2) is 0 Å². The van der Waals surface area contributed by atoms with Crippen molar-refractivity contribution < 1.29 is 21.6 Å². The third-order valence-electron chi connectivity index (χ3n) is 1.91. The fourth-order valence-corrected chi connectivity index (χ4v) is 1.24. The average Bonchev–Trinajstić information content (AvgIpc) is 2.26. The second-order valence-electron chi connectivity index (χ2n) is 3.12. The van der Waals surface area contributed by atoms with Crippen LogP contribution < -0.4 is 0 Å². The maximum atomic E-state index is 11.9. The molecule has 0 N–H and O–H groups in total. The highest BCUT2D eigenvalue weighted by molar-refractivity contribution is 7.91. The van der Waals surface area contributed by atoms with Gasteiger partial charge in [-0.3, -0.25) is 0 Å². The summed E-state index contributed by atoms with van der Waals surface area (Å²) in [6, 6.07) is 0. The molecule has 0 aliphatic heterocycles. The lowest BCUT2D eigenvalue weighted by molar-refractivity contribution is -0.0435. The molecule has 0 radical (unpaired) electrons. The van der Waals surface area contributed by atoms with E-state index >= 15 is 0 Å². The number of halogens is 3. The molecule has 8 heteroatoms. The first kappa shape index (κ1) is 16.7. The van der Waals surface area contributed by atoms with Crippen LogP contribution in [0, 0.1) is 0 Å². The van der Waals surface area contributed by atoms with Crippen molar-refractivity contribution in [3.05, 3.63) is 24.4 Å². The SMILES string of the molecule is CCN(/C=C/C=C/C=N/S(=O)(=O)C(F)(F)F)CC. The van der Waals surface area contributed by atoms with Crippen LogP contribution in [-0.2, 0) is 10.0 Å². The van der Waals surface area contributed by atoms with Crippen LogP contribution in [0.2, 0.25) is 0 Å². The van der Waals surface area contributed by atoms with Gasteiger partial charge in [-0.15, -0.1) is 0 Å². The van der Waals surface area contributed by atoms with Gasteiger partial charge in [0.05, 0.1) is 0 Å². The van der Waals surface area contributed by atoms with Crippen LogP contribution in [0.5, 0.6) is 0 Å². The molecule has 0 unspecified atom stereocenters. The summed E-state index contributed by atoms with van der Waals surface area (Å²) in [6.45, 7) is 5.51. The summed E-state index contributed by atoms with van der Waals surface area (Å²) in [5, 5.41) is 0. The molecule has 0 atom stereocenters. The van der Waals surface area contributed by atoms with Crippen LogP contribution in [0.25, 0.3) is 0 Å². The number of alkyl halides is 3. The third kappa shape index (κ3) is 5.85. The summed E-state index contributed by atoms with van der Waals surface area (Å²) in [4.78, 5) is 1.95. The molecule has 0 heterocycles. The zero-order valence-electron chi connectivity index (χ0n) is 10.1. The van der Waals surface area contributed by atoms with E-state index in [1.807, 2.05) is 18.7 Å². The summed E-state index contributed by atoms with van der Waals surface area (Å²) >= 11 is 0. The van der Waals surface area contributed by atoms with Crippen molar-refractivity contribution in [2.75, 3.05) is 13.1 Å². The molecule has 0 saturated carbocycles. The van der Waals surface area contributed by atoms with Crippen LogP contribution in [0.3, 0.4) is 0 Å². The molecular weight excluding hydrogens is 269 g/mol. The van der Waals surface area contributed by atoms with E-state index in [1.54, 1.807) is 12.3 Å². The van der Waals surface area contributed by atoms with Gasteiger partial charge < -0.3 is 4.90 Å². The van der Waals surface area contributed by atoms with Crippen LogP contribution in [-0.4, -0.2) is 38.1 Å². The highest BCUT2D eigenvalue weighted by Crippen LogP contribution is 2.24. The molecule has 0 aromatic rings. The number of hydrogen-bond acceptors (Lipinski definition) is 3. The first-order valence-corrected chi connectivity index (χ1v) is 6.62. The fraction of sp³-hybridized carbons (Fsp3) is 0.500. The monoisotopic (exact) mass is 284 g/mol. The minimum Gasteiger partial charge on any atom is -0.378 e. The molecule has 0 aromatic carbocycles. The Morgan fingerprint density at radius 2 is 1.67 bits per heavy atom. The van der Waals surface area contributed by atoms with Crippen molar-refractivity contribution in [3.8, 4) is 0 Å². The standard InChI is InChI=1S/C10H15F3N2O2S/c1-3-15(4-2)9-7-5-6-8-14-18(16,17)10(11,12)13/h5-9H,3-4H2,1-2H3/b6-5+,9-7+,14-8+. The minimum absolute atomic E-state index is 0.593. The van der Waals surface area contributed by atoms with E-state index < -0.39 is 15.5 Å². The van der Waals surface area contributed by atoms with Crippen LogP contribution in [0.15, 0.2) is 28.8 Å². The summed E-state index contributed by atoms with van der Waals surface area (Å²) in [5.41, 5.74) is -5.35. The Morgan fingerprint density at radius 3 is 2.11 bits per heavy atom. The fourth-order valence-electron chi connectivity index (χ4n) is 0.895. The Balaban J connectivity index is 4.43. The van der Waals surface area contributed by atoms with Crippen molar-refractivity contribution in [1.82, 2.24) is 4.90 Å². The summed E-state index contributed by atoms with van der Waals surface area (Å²) in [6.07, 6.45) is 6.42. The van der Waals surface area contributed by atoms with Gasteiger partial charge in [-0.1, -0.05) is 6.08 Å². The van der Waals surface area contributed by atoms with Crippen LogP contribution in [0.1, 0.15) is 13.8 Å². The van der Waals surface area contributed by atoms with E-state index in [1.165, 1.54) is 6.08 Å². The maximum absolute atomic E-state index is 11.9. The average molecular weight is 284 g/mol. The zero-order chi connectivity index (χ0) is 14.2. The Morgan fingerprint density at radius 1 is 1.11 bits per heavy atom. The van der Waals surface area contributed by atoms with Gasteiger partial charge >= 0.3 is 15.5 Å². The number of hydrogen-bond donors (Lipinski definition) is 0. The van der Waals surface area contributed by atoms with E-state index in [9.17, 15) is 21.6 Å². The Labute approximate surface area is 105 Å². The number of rotatable bonds is 6. The van der Waals surface area contributed by atoms with Gasteiger partial charge in [-0.25, -0.2) is 0 Å². The van der Waals surface area contributed by atoms with E-state index in [2.05, 4.69) is 4.40 Å². The largest absolute Gasteiger partial charge is 0.518 e. The molecule has 0 spiro atoms. The van der Waals surface area contributed by atoms with Gasteiger partial charge in [-0.05, 0) is 32.2 Å². The lowest BCUT2D eigenvalue weighted by Gasteiger charge is -2.13. The van der Waals surface area contributed by atoms with E-state index in [-0.39, 0.29) is 0 Å². The maximum Gasteiger partial charge on any atom is 0.518 e. The molecule has 4 nitrogen and oxygen atoms in total. The normalized spacial score (nSPS) is 14.1. The molecule has 104 valence electrons. The predicted molar refractivity (Wildman–Crippen MR) is 64.7 cm³/mol. The quantitative estimate of drug-likeness (QED) is 0.555. The molecule has 0 aliphatic rings. The third-order valence-corrected chi connectivity index (χ3v) is 2.89. The molecule has 0 aromatic heterocycles. The topological polar surface area (TPSA) is 49.7 Å². The van der Waals surface area contributed by atoms with E-state index in [0.717, 1.165) is 19.2 Å². The second-order valence-corrected chi connectivity index (χ2v) is 4.75. The van der Waals surface area contributed by atoms with Crippen molar-refractivity contribution in [2.24, 2.45) is 4.40 Å². The van der Waals surface area contributed by atoms with E-state index in [0.29, 0.717) is 6.21 Å². The molecule has 0 fully saturated rings. The molecule has 0 amide bonds. The minimum atomic E-state index is -5.43. The van der Waals surface area contributed by atoms with Crippen molar-refractivity contribution >= 4 is 16.2 Å². The lowest BCUT2D eigenvalue weighted by atomic mass is 10.4. The van der Waals surface area contributed by atoms with E-state index in [4.69, 9.17) is 0 Å². The highest BCUT2D eigenvalue weighted by atomic mass is 32.2. The van der Waals surface area contributed by atoms with Gasteiger partial charge in [0, 0.05) is 19.3 Å².